The van der Waals surface area contributed by atoms with E-state index >= 15 is 0 Å². The van der Waals surface area contributed by atoms with Gasteiger partial charge in [0.25, 0.3) is 5.91 Å². The molecule has 0 aliphatic heterocycles. The molecule has 3 rings (SSSR count). The topological polar surface area (TPSA) is 67.2 Å². The van der Waals surface area contributed by atoms with E-state index in [0.717, 1.165) is 41.8 Å². The Morgan fingerprint density at radius 1 is 1.38 bits per heavy atom. The highest BCUT2D eigenvalue weighted by molar-refractivity contribution is 5.95. The van der Waals surface area contributed by atoms with E-state index in [-0.39, 0.29) is 18.1 Å². The van der Waals surface area contributed by atoms with Gasteiger partial charge in [0.15, 0.2) is 0 Å². The molecule has 2 aromatic heterocycles. The number of pyridine rings is 1. The van der Waals surface area contributed by atoms with Crippen molar-refractivity contribution in [1.29, 1.82) is 0 Å². The van der Waals surface area contributed by atoms with E-state index in [9.17, 15) is 9.90 Å². The van der Waals surface area contributed by atoms with Gasteiger partial charge in [0.2, 0.25) is 0 Å². The molecule has 128 valence electrons. The number of aliphatic hydroxyl groups excluding tert-OH is 1. The van der Waals surface area contributed by atoms with Crippen molar-refractivity contribution in [2.24, 2.45) is 13.0 Å². The zero-order chi connectivity index (χ0) is 17.3. The van der Waals surface area contributed by atoms with E-state index < -0.39 is 0 Å². The molecular formula is C19H25N3O2. The average molecular weight is 327 g/mol. The molecule has 1 amide bonds. The van der Waals surface area contributed by atoms with Crippen LogP contribution in [0.2, 0.25) is 0 Å². The second kappa shape index (κ2) is 6.77. The predicted molar refractivity (Wildman–Crippen MR) is 92.8 cm³/mol. The summed E-state index contributed by atoms with van der Waals surface area (Å²) in [6.45, 7) is 3.97. The number of amides is 1. The first kappa shape index (κ1) is 16.7. The van der Waals surface area contributed by atoms with Crippen molar-refractivity contribution in [3.05, 3.63) is 53.1 Å². The maximum Gasteiger partial charge on any atom is 0.253 e. The van der Waals surface area contributed by atoms with Crippen LogP contribution >= 0.6 is 0 Å². The van der Waals surface area contributed by atoms with Crippen molar-refractivity contribution in [2.75, 3.05) is 0 Å². The van der Waals surface area contributed by atoms with Gasteiger partial charge in [0, 0.05) is 36.9 Å². The van der Waals surface area contributed by atoms with Crippen molar-refractivity contribution in [3.8, 4) is 0 Å². The standard InChI is InChI=1S/C19H25N3O2/c1-12-8-17(13(2)22(12)3)19(24)21-18(15-10-16(23)11-15)9-14-4-6-20-7-5-14/h4-8,15-16,18,23H,9-11H2,1-3H3,(H,21,24)/t15?,16?,18-/m1/s1. The molecule has 0 radical (unpaired) electrons. The molecule has 24 heavy (non-hydrogen) atoms. The first-order valence-corrected chi connectivity index (χ1v) is 8.46. The molecule has 2 aromatic rings. The highest BCUT2D eigenvalue weighted by atomic mass is 16.3. The average Bonchev–Trinajstić information content (AvgIpc) is 2.80. The predicted octanol–water partition coefficient (Wildman–Crippen LogP) is 2.15. The molecule has 5 heteroatoms. The number of aliphatic hydroxyl groups is 1. The second-order valence-electron chi connectivity index (χ2n) is 6.87. The van der Waals surface area contributed by atoms with Crippen LogP contribution in [0.3, 0.4) is 0 Å². The zero-order valence-corrected chi connectivity index (χ0v) is 14.5. The summed E-state index contributed by atoms with van der Waals surface area (Å²) in [5, 5.41) is 12.8. The molecule has 1 saturated carbocycles. The van der Waals surface area contributed by atoms with Crippen molar-refractivity contribution in [1.82, 2.24) is 14.9 Å². The zero-order valence-electron chi connectivity index (χ0n) is 14.5. The van der Waals surface area contributed by atoms with E-state index in [1.54, 1.807) is 12.4 Å². The number of hydrogen-bond donors (Lipinski definition) is 2. The molecule has 1 aliphatic rings. The summed E-state index contributed by atoms with van der Waals surface area (Å²) >= 11 is 0. The van der Waals surface area contributed by atoms with Crippen molar-refractivity contribution < 1.29 is 9.90 Å². The first-order valence-electron chi connectivity index (χ1n) is 8.46. The Labute approximate surface area is 142 Å². The Bertz CT molecular complexity index is 718. The molecule has 1 fully saturated rings. The summed E-state index contributed by atoms with van der Waals surface area (Å²) in [4.78, 5) is 16.8. The van der Waals surface area contributed by atoms with Gasteiger partial charge in [-0.2, -0.15) is 0 Å². The monoisotopic (exact) mass is 327 g/mol. The fourth-order valence-electron chi connectivity index (χ4n) is 3.40. The minimum atomic E-state index is -0.229. The fraction of sp³-hybridized carbons (Fsp3) is 0.474. The molecular weight excluding hydrogens is 302 g/mol. The van der Waals surface area contributed by atoms with E-state index in [1.807, 2.05) is 43.7 Å². The van der Waals surface area contributed by atoms with E-state index in [0.29, 0.717) is 5.92 Å². The molecule has 1 aliphatic carbocycles. The molecule has 1 atom stereocenters. The number of nitrogens with zero attached hydrogens (tertiary/aromatic N) is 2. The molecule has 0 saturated heterocycles. The van der Waals surface area contributed by atoms with Crippen LogP contribution in [-0.4, -0.2) is 32.7 Å². The number of aromatic nitrogens is 2. The van der Waals surface area contributed by atoms with Crippen LogP contribution in [0, 0.1) is 19.8 Å². The van der Waals surface area contributed by atoms with Crippen LogP contribution in [0.4, 0.5) is 0 Å². The van der Waals surface area contributed by atoms with Gasteiger partial charge in [-0.25, -0.2) is 0 Å². The van der Waals surface area contributed by atoms with Gasteiger partial charge in [-0.15, -0.1) is 0 Å². The lowest BCUT2D eigenvalue weighted by Gasteiger charge is -2.38. The number of aryl methyl sites for hydroxylation is 1. The van der Waals surface area contributed by atoms with Crippen LogP contribution < -0.4 is 5.32 Å². The highest BCUT2D eigenvalue weighted by Gasteiger charge is 2.35. The van der Waals surface area contributed by atoms with Gasteiger partial charge in [-0.3, -0.25) is 9.78 Å². The number of carbonyl (C=O) groups is 1. The fourth-order valence-corrected chi connectivity index (χ4v) is 3.40. The van der Waals surface area contributed by atoms with Crippen molar-refractivity contribution in [3.63, 3.8) is 0 Å². The summed E-state index contributed by atoms with van der Waals surface area (Å²) in [6.07, 6.45) is 5.58. The molecule has 5 nitrogen and oxygen atoms in total. The van der Waals surface area contributed by atoms with Crippen LogP contribution in [0.5, 0.6) is 0 Å². The van der Waals surface area contributed by atoms with Gasteiger partial charge >= 0.3 is 0 Å². The number of carbonyl (C=O) groups excluding carboxylic acids is 1. The summed E-state index contributed by atoms with van der Waals surface area (Å²) < 4.78 is 2.03. The molecule has 2 heterocycles. The third-order valence-corrected chi connectivity index (χ3v) is 5.26. The lowest BCUT2D eigenvalue weighted by atomic mass is 9.75. The Balaban J connectivity index is 1.76. The first-order chi connectivity index (χ1) is 11.5. The summed E-state index contributed by atoms with van der Waals surface area (Å²) in [5.74, 6) is 0.291. The smallest absolute Gasteiger partial charge is 0.253 e. The van der Waals surface area contributed by atoms with Gasteiger partial charge in [0.05, 0.1) is 11.7 Å². The van der Waals surface area contributed by atoms with Crippen LogP contribution in [0.1, 0.15) is 40.2 Å². The lowest BCUT2D eigenvalue weighted by Crippen LogP contribution is -2.48. The Morgan fingerprint density at radius 3 is 2.58 bits per heavy atom. The molecule has 0 unspecified atom stereocenters. The van der Waals surface area contributed by atoms with Crippen molar-refractivity contribution >= 4 is 5.91 Å². The maximum absolute atomic E-state index is 12.8. The number of rotatable bonds is 5. The van der Waals surface area contributed by atoms with Gasteiger partial charge in [-0.1, -0.05) is 0 Å². The third kappa shape index (κ3) is 3.36. The molecule has 0 aromatic carbocycles. The highest BCUT2D eigenvalue weighted by Crippen LogP contribution is 2.32. The maximum atomic E-state index is 12.8. The minimum Gasteiger partial charge on any atom is -0.393 e. The number of hydrogen-bond acceptors (Lipinski definition) is 3. The van der Waals surface area contributed by atoms with Crippen molar-refractivity contribution in [2.45, 2.75) is 45.3 Å². The van der Waals surface area contributed by atoms with Crippen LogP contribution in [0.25, 0.3) is 0 Å². The normalized spacial score (nSPS) is 21.2. The Hall–Kier alpha value is -2.14. The molecule has 0 spiro atoms. The summed E-state index contributed by atoms with van der Waals surface area (Å²) in [6, 6.07) is 5.92. The largest absolute Gasteiger partial charge is 0.393 e. The van der Waals surface area contributed by atoms with Crippen LogP contribution in [0.15, 0.2) is 30.6 Å². The molecule has 2 N–H and O–H groups in total. The van der Waals surface area contributed by atoms with Gasteiger partial charge in [0.1, 0.15) is 0 Å². The van der Waals surface area contributed by atoms with E-state index in [4.69, 9.17) is 0 Å². The SMILES string of the molecule is Cc1cc(C(=O)N[C@H](Cc2ccncc2)C2CC(O)C2)c(C)n1C. The Kier molecular flexibility index (Phi) is 4.71. The number of nitrogens with one attached hydrogen (secondary N) is 1. The van der Waals surface area contributed by atoms with E-state index in [2.05, 4.69) is 10.3 Å². The summed E-state index contributed by atoms with van der Waals surface area (Å²) in [5.41, 5.74) is 3.93. The van der Waals surface area contributed by atoms with E-state index in [1.165, 1.54) is 0 Å². The van der Waals surface area contributed by atoms with Gasteiger partial charge in [-0.05, 0) is 62.8 Å². The lowest BCUT2D eigenvalue weighted by molar-refractivity contribution is 0.0239. The molecule has 0 bridgehead atoms. The summed E-state index contributed by atoms with van der Waals surface area (Å²) in [7, 11) is 1.97. The quantitative estimate of drug-likeness (QED) is 0.884. The van der Waals surface area contributed by atoms with Gasteiger partial charge < -0.3 is 15.0 Å². The third-order valence-electron chi connectivity index (χ3n) is 5.26. The van der Waals surface area contributed by atoms with Crippen LogP contribution in [-0.2, 0) is 13.5 Å². The minimum absolute atomic E-state index is 0.0308. The second-order valence-corrected chi connectivity index (χ2v) is 6.87. The Morgan fingerprint density at radius 2 is 2.04 bits per heavy atom.